The van der Waals surface area contributed by atoms with E-state index in [0.717, 1.165) is 49.4 Å². The quantitative estimate of drug-likeness (QED) is 0.277. The highest BCUT2D eigenvalue weighted by Crippen LogP contribution is 2.52. The molecular formula is C33H37F2NO4. The Hall–Kier alpha value is -3.48. The van der Waals surface area contributed by atoms with Crippen molar-refractivity contribution < 1.29 is 28.2 Å². The molecule has 1 unspecified atom stereocenters. The number of hydrogen-bond acceptors (Lipinski definition) is 4. The molecule has 5 rings (SSSR count). The number of rotatable bonds is 10. The third-order valence-corrected chi connectivity index (χ3v) is 8.88. The summed E-state index contributed by atoms with van der Waals surface area (Å²) in [5, 5.41) is 9.64. The van der Waals surface area contributed by atoms with Gasteiger partial charge in [0.05, 0.1) is 19.2 Å². The summed E-state index contributed by atoms with van der Waals surface area (Å²) >= 11 is 0. The van der Waals surface area contributed by atoms with E-state index >= 15 is 8.78 Å². The van der Waals surface area contributed by atoms with E-state index in [1.165, 1.54) is 19.2 Å². The van der Waals surface area contributed by atoms with Gasteiger partial charge in [0, 0.05) is 17.2 Å². The minimum Gasteiger partial charge on any atom is -0.489 e. The van der Waals surface area contributed by atoms with Crippen molar-refractivity contribution in [3.8, 4) is 22.8 Å². The number of pyridine rings is 1. The van der Waals surface area contributed by atoms with Gasteiger partial charge in [0.2, 0.25) is 5.88 Å². The molecule has 0 saturated heterocycles. The van der Waals surface area contributed by atoms with Crippen LogP contribution in [0.4, 0.5) is 8.78 Å². The zero-order chi connectivity index (χ0) is 28.6. The van der Waals surface area contributed by atoms with Gasteiger partial charge in [-0.15, -0.1) is 0 Å². The molecular weight excluding hydrogens is 512 g/mol. The monoisotopic (exact) mass is 549 g/mol. The van der Waals surface area contributed by atoms with E-state index in [4.69, 9.17) is 9.47 Å². The Kier molecular flexibility index (Phi) is 7.85. The molecule has 0 aliphatic heterocycles. The topological polar surface area (TPSA) is 68.7 Å². The zero-order valence-electron chi connectivity index (χ0n) is 23.5. The lowest BCUT2D eigenvalue weighted by Gasteiger charge is -2.30. The highest BCUT2D eigenvalue weighted by atomic mass is 19.1. The molecule has 2 aliphatic rings. The Balaban J connectivity index is 1.48. The van der Waals surface area contributed by atoms with Gasteiger partial charge in [-0.1, -0.05) is 39.3 Å². The van der Waals surface area contributed by atoms with Gasteiger partial charge in [-0.25, -0.2) is 13.8 Å². The van der Waals surface area contributed by atoms with Crippen molar-refractivity contribution in [2.75, 3.05) is 7.11 Å². The first-order valence-electron chi connectivity index (χ1n) is 14.1. The summed E-state index contributed by atoms with van der Waals surface area (Å²) in [6.45, 7) is 6.16. The van der Waals surface area contributed by atoms with Gasteiger partial charge in [-0.05, 0) is 89.8 Å². The molecule has 1 N–H and O–H groups in total. The fraction of sp³-hybridized carbons (Fsp3) is 0.455. The molecule has 40 heavy (non-hydrogen) atoms. The molecule has 3 aromatic rings. The summed E-state index contributed by atoms with van der Waals surface area (Å²) in [5.74, 6) is -1.08. The number of nitrogens with zero attached hydrogens (tertiary/aromatic N) is 1. The second-order valence-corrected chi connectivity index (χ2v) is 12.0. The van der Waals surface area contributed by atoms with Gasteiger partial charge in [0.15, 0.2) is 0 Å². The van der Waals surface area contributed by atoms with Crippen LogP contribution in [-0.4, -0.2) is 23.2 Å². The second-order valence-electron chi connectivity index (χ2n) is 12.0. The summed E-state index contributed by atoms with van der Waals surface area (Å²) in [5.41, 5.74) is 2.98. The number of halogens is 2. The number of carbonyl (C=O) groups is 1. The molecule has 5 nitrogen and oxygen atoms in total. The molecule has 3 atom stereocenters. The standard InChI is InChI=1S/C33H37F2NO4/c1-19(32(37)38)31(20-10-11-20)21-7-5-8-23(13-21)40-18-22-14-25(27-9-6-12-33(27,2)3)24(15-28(22)34)26-16-30(39-4)36-17-29(26)35/h5,7-8,13-17,19-20,27,31H,6,9-12,18H2,1-4H3,(H,37,38)/t19?,27-,31+/m0/s1. The van der Waals surface area contributed by atoms with Crippen LogP contribution in [0, 0.1) is 28.9 Å². The van der Waals surface area contributed by atoms with Gasteiger partial charge < -0.3 is 14.6 Å². The molecule has 0 amide bonds. The Labute approximate surface area is 234 Å². The van der Waals surface area contributed by atoms with Crippen molar-refractivity contribution in [3.05, 3.63) is 77.0 Å². The number of ether oxygens (including phenoxy) is 2. The Morgan fingerprint density at radius 1 is 1.10 bits per heavy atom. The fourth-order valence-corrected chi connectivity index (χ4v) is 6.46. The maximum Gasteiger partial charge on any atom is 0.306 e. The molecule has 2 fully saturated rings. The van der Waals surface area contributed by atoms with Crippen molar-refractivity contribution in [2.45, 2.75) is 71.3 Å². The van der Waals surface area contributed by atoms with Gasteiger partial charge in [-0.2, -0.15) is 0 Å². The molecule has 2 aromatic carbocycles. The number of aromatic nitrogens is 1. The van der Waals surface area contributed by atoms with Crippen LogP contribution in [0.15, 0.2) is 48.7 Å². The van der Waals surface area contributed by atoms with E-state index in [1.54, 1.807) is 6.92 Å². The van der Waals surface area contributed by atoms with Crippen LogP contribution in [0.1, 0.15) is 81.4 Å². The van der Waals surface area contributed by atoms with Crippen molar-refractivity contribution in [1.82, 2.24) is 4.98 Å². The van der Waals surface area contributed by atoms with E-state index in [1.807, 2.05) is 30.3 Å². The van der Waals surface area contributed by atoms with Crippen molar-refractivity contribution >= 4 is 5.97 Å². The molecule has 2 aliphatic carbocycles. The van der Waals surface area contributed by atoms with Crippen LogP contribution in [-0.2, 0) is 11.4 Å². The molecule has 1 heterocycles. The summed E-state index contributed by atoms with van der Waals surface area (Å²) in [4.78, 5) is 15.7. The normalized spacial score (nSPS) is 19.7. The molecule has 212 valence electrons. The van der Waals surface area contributed by atoms with Crippen LogP contribution in [0.2, 0.25) is 0 Å². The second kappa shape index (κ2) is 11.2. The summed E-state index contributed by atoms with van der Waals surface area (Å²) in [6.07, 6.45) is 6.17. The molecule has 0 radical (unpaired) electrons. The average molecular weight is 550 g/mol. The first-order valence-corrected chi connectivity index (χ1v) is 14.1. The number of benzene rings is 2. The Morgan fingerprint density at radius 3 is 2.52 bits per heavy atom. The maximum absolute atomic E-state index is 15.6. The van der Waals surface area contributed by atoms with E-state index in [-0.39, 0.29) is 35.3 Å². The minimum absolute atomic E-state index is 0.000440. The fourth-order valence-electron chi connectivity index (χ4n) is 6.46. The van der Waals surface area contributed by atoms with E-state index < -0.39 is 23.5 Å². The SMILES string of the molecule is COc1cc(-c2cc(F)c(COc3cccc([C@@H](C4CC4)C(C)C(=O)O)c3)cc2[C@@H]2CCCC2(C)C)c(F)cn1. The van der Waals surface area contributed by atoms with Gasteiger partial charge in [0.25, 0.3) is 0 Å². The van der Waals surface area contributed by atoms with E-state index in [9.17, 15) is 9.90 Å². The van der Waals surface area contributed by atoms with E-state index in [2.05, 4.69) is 18.8 Å². The Morgan fingerprint density at radius 2 is 1.88 bits per heavy atom. The van der Waals surface area contributed by atoms with Crippen LogP contribution in [0.25, 0.3) is 11.1 Å². The summed E-state index contributed by atoms with van der Waals surface area (Å²) in [6, 6.07) is 12.3. The molecule has 7 heteroatoms. The third kappa shape index (κ3) is 5.70. The van der Waals surface area contributed by atoms with Crippen molar-refractivity contribution in [1.29, 1.82) is 0 Å². The lowest BCUT2D eigenvalue weighted by Crippen LogP contribution is -2.20. The number of carboxylic acids is 1. The first kappa shape index (κ1) is 28.1. The highest BCUT2D eigenvalue weighted by Gasteiger charge is 2.39. The number of hydrogen-bond donors (Lipinski definition) is 1. The van der Waals surface area contributed by atoms with Gasteiger partial charge in [0.1, 0.15) is 24.0 Å². The van der Waals surface area contributed by atoms with Crippen molar-refractivity contribution in [3.63, 3.8) is 0 Å². The predicted octanol–water partition coefficient (Wildman–Crippen LogP) is 8.12. The number of methoxy groups -OCH3 is 1. The number of carboxylic acid groups (broad SMARTS) is 1. The summed E-state index contributed by atoms with van der Waals surface area (Å²) in [7, 11) is 1.47. The van der Waals surface area contributed by atoms with Crippen LogP contribution in [0.3, 0.4) is 0 Å². The molecule has 0 spiro atoms. The van der Waals surface area contributed by atoms with Crippen LogP contribution >= 0.6 is 0 Å². The number of aliphatic carboxylic acids is 1. The van der Waals surface area contributed by atoms with Crippen LogP contribution < -0.4 is 9.47 Å². The minimum atomic E-state index is -0.809. The average Bonchev–Trinajstić information content (AvgIpc) is 3.69. The van der Waals surface area contributed by atoms with Gasteiger partial charge in [-0.3, -0.25) is 4.79 Å². The molecule has 0 bridgehead atoms. The van der Waals surface area contributed by atoms with Crippen molar-refractivity contribution in [2.24, 2.45) is 17.3 Å². The van der Waals surface area contributed by atoms with Crippen LogP contribution in [0.5, 0.6) is 11.6 Å². The predicted molar refractivity (Wildman–Crippen MR) is 150 cm³/mol. The molecule has 2 saturated carbocycles. The Bertz CT molecular complexity index is 1400. The highest BCUT2D eigenvalue weighted by molar-refractivity contribution is 5.71. The smallest absolute Gasteiger partial charge is 0.306 e. The largest absolute Gasteiger partial charge is 0.489 e. The lowest BCUT2D eigenvalue weighted by atomic mass is 9.75. The lowest BCUT2D eigenvalue weighted by molar-refractivity contribution is -0.142. The third-order valence-electron chi connectivity index (χ3n) is 8.88. The maximum atomic E-state index is 15.6. The zero-order valence-corrected chi connectivity index (χ0v) is 23.5. The summed E-state index contributed by atoms with van der Waals surface area (Å²) < 4.78 is 42.0. The molecule has 1 aromatic heterocycles. The first-order chi connectivity index (χ1) is 19.1. The van der Waals surface area contributed by atoms with E-state index in [0.29, 0.717) is 22.8 Å². The van der Waals surface area contributed by atoms with Gasteiger partial charge >= 0.3 is 5.97 Å².